The van der Waals surface area contributed by atoms with Crippen LogP contribution in [0.1, 0.15) is 6.42 Å². The number of nitrogens with zero attached hydrogens (tertiary/aromatic N) is 2. The van der Waals surface area contributed by atoms with Crippen LogP contribution in [0.3, 0.4) is 0 Å². The number of rotatable bonds is 4. The lowest BCUT2D eigenvalue weighted by molar-refractivity contribution is 0.401. The molecule has 0 saturated carbocycles. The molecule has 23 heavy (non-hydrogen) atoms. The average Bonchev–Trinajstić information content (AvgIpc) is 2.72. The van der Waals surface area contributed by atoms with E-state index in [1.54, 1.807) is 0 Å². The van der Waals surface area contributed by atoms with Crippen LogP contribution in [-0.4, -0.2) is 65.0 Å². The van der Waals surface area contributed by atoms with Gasteiger partial charge in [-0.25, -0.2) is 25.5 Å². The molecular formula is C13H19FN2O5S2. The van der Waals surface area contributed by atoms with Crippen molar-refractivity contribution in [1.29, 1.82) is 0 Å². The monoisotopic (exact) mass is 366 g/mol. The molecule has 1 heterocycles. The molecular weight excluding hydrogens is 347 g/mol. The predicted octanol–water partition coefficient (Wildman–Crippen LogP) is 0.490. The van der Waals surface area contributed by atoms with Crippen LogP contribution in [0.25, 0.3) is 0 Å². The van der Waals surface area contributed by atoms with Crippen LogP contribution in [0.15, 0.2) is 23.1 Å². The molecule has 2 rings (SSSR count). The molecule has 1 aliphatic rings. The molecule has 1 saturated heterocycles. The van der Waals surface area contributed by atoms with E-state index in [9.17, 15) is 21.2 Å². The van der Waals surface area contributed by atoms with Crippen molar-refractivity contribution in [2.45, 2.75) is 11.3 Å². The number of ether oxygens (including phenoxy) is 1. The van der Waals surface area contributed by atoms with E-state index in [0.29, 0.717) is 6.42 Å². The number of halogens is 1. The zero-order chi connectivity index (χ0) is 17.3. The van der Waals surface area contributed by atoms with Gasteiger partial charge in [0.25, 0.3) is 0 Å². The van der Waals surface area contributed by atoms with Gasteiger partial charge in [0, 0.05) is 32.2 Å². The first-order valence-corrected chi connectivity index (χ1v) is 10.2. The molecule has 0 bridgehead atoms. The zero-order valence-electron chi connectivity index (χ0n) is 12.9. The molecule has 0 unspecified atom stereocenters. The van der Waals surface area contributed by atoms with Crippen molar-refractivity contribution in [1.82, 2.24) is 8.61 Å². The Morgan fingerprint density at radius 1 is 1.04 bits per heavy atom. The van der Waals surface area contributed by atoms with Gasteiger partial charge in [-0.05, 0) is 18.6 Å². The summed E-state index contributed by atoms with van der Waals surface area (Å²) in [5.74, 6) is -0.672. The van der Waals surface area contributed by atoms with Crippen molar-refractivity contribution in [2.24, 2.45) is 0 Å². The summed E-state index contributed by atoms with van der Waals surface area (Å²) < 4.78 is 69.6. The SMILES string of the molecule is COc1ccc(S(=O)(=O)N2CCCN(S(C)(=O)=O)CC2)c(F)c1. The average molecular weight is 366 g/mol. The van der Waals surface area contributed by atoms with E-state index in [1.165, 1.54) is 17.5 Å². The Morgan fingerprint density at radius 3 is 2.22 bits per heavy atom. The second-order valence-electron chi connectivity index (χ2n) is 5.22. The third-order valence-corrected chi connectivity index (χ3v) is 6.87. The fourth-order valence-corrected chi connectivity index (χ4v) is 4.79. The minimum atomic E-state index is -4.03. The third kappa shape index (κ3) is 4.00. The van der Waals surface area contributed by atoms with E-state index in [1.807, 2.05) is 0 Å². The summed E-state index contributed by atoms with van der Waals surface area (Å²) in [6.45, 7) is 0.423. The fraction of sp³-hybridized carbons (Fsp3) is 0.538. The van der Waals surface area contributed by atoms with Gasteiger partial charge in [0.15, 0.2) is 0 Å². The smallest absolute Gasteiger partial charge is 0.246 e. The maximum atomic E-state index is 14.1. The number of sulfonamides is 2. The Labute approximate surface area is 135 Å². The first-order chi connectivity index (χ1) is 10.7. The van der Waals surface area contributed by atoms with Crippen LogP contribution in [0, 0.1) is 5.82 Å². The van der Waals surface area contributed by atoms with Gasteiger partial charge in [-0.1, -0.05) is 0 Å². The van der Waals surface area contributed by atoms with Gasteiger partial charge >= 0.3 is 0 Å². The minimum Gasteiger partial charge on any atom is -0.497 e. The summed E-state index contributed by atoms with van der Waals surface area (Å²) >= 11 is 0. The van der Waals surface area contributed by atoms with Crippen LogP contribution >= 0.6 is 0 Å². The van der Waals surface area contributed by atoms with Gasteiger partial charge in [0.05, 0.1) is 13.4 Å². The van der Waals surface area contributed by atoms with Crippen LogP contribution in [0.2, 0.25) is 0 Å². The third-order valence-electron chi connectivity index (χ3n) is 3.64. The van der Waals surface area contributed by atoms with Gasteiger partial charge in [0.2, 0.25) is 20.0 Å². The molecule has 0 aliphatic carbocycles. The molecule has 1 aromatic rings. The molecule has 1 fully saturated rings. The van der Waals surface area contributed by atoms with E-state index in [0.717, 1.165) is 22.7 Å². The second-order valence-corrected chi connectivity index (χ2v) is 9.10. The Hall–Kier alpha value is -1.23. The summed E-state index contributed by atoms with van der Waals surface area (Å²) in [5.41, 5.74) is 0. The molecule has 0 radical (unpaired) electrons. The Kier molecular flexibility index (Phi) is 5.29. The van der Waals surface area contributed by atoms with E-state index < -0.39 is 30.8 Å². The molecule has 0 N–H and O–H groups in total. The van der Waals surface area contributed by atoms with Crippen molar-refractivity contribution in [3.8, 4) is 5.75 Å². The summed E-state index contributed by atoms with van der Waals surface area (Å²) in [6, 6.07) is 3.53. The highest BCUT2D eigenvalue weighted by Crippen LogP contribution is 2.24. The molecule has 0 spiro atoms. The van der Waals surface area contributed by atoms with E-state index in [2.05, 4.69) is 0 Å². The van der Waals surface area contributed by atoms with Crippen molar-refractivity contribution in [3.05, 3.63) is 24.0 Å². The zero-order valence-corrected chi connectivity index (χ0v) is 14.5. The Balaban J connectivity index is 2.26. The number of hydrogen-bond donors (Lipinski definition) is 0. The molecule has 0 aromatic heterocycles. The van der Waals surface area contributed by atoms with Gasteiger partial charge in [0.1, 0.15) is 16.5 Å². The molecule has 130 valence electrons. The van der Waals surface area contributed by atoms with E-state index in [4.69, 9.17) is 4.74 Å². The first-order valence-electron chi connectivity index (χ1n) is 6.95. The topological polar surface area (TPSA) is 84.0 Å². The van der Waals surface area contributed by atoms with Crippen molar-refractivity contribution in [3.63, 3.8) is 0 Å². The number of methoxy groups -OCH3 is 1. The molecule has 1 aromatic carbocycles. The summed E-state index contributed by atoms with van der Waals surface area (Å²) in [6.07, 6.45) is 1.43. The molecule has 7 nitrogen and oxygen atoms in total. The van der Waals surface area contributed by atoms with Crippen molar-refractivity contribution in [2.75, 3.05) is 39.5 Å². The number of hydrogen-bond acceptors (Lipinski definition) is 5. The highest BCUT2D eigenvalue weighted by molar-refractivity contribution is 7.89. The van der Waals surface area contributed by atoms with Gasteiger partial charge in [-0.2, -0.15) is 4.31 Å². The highest BCUT2D eigenvalue weighted by atomic mass is 32.2. The lowest BCUT2D eigenvalue weighted by Crippen LogP contribution is -2.37. The van der Waals surface area contributed by atoms with Crippen molar-refractivity contribution < 1.29 is 26.0 Å². The van der Waals surface area contributed by atoms with Gasteiger partial charge in [-0.3, -0.25) is 0 Å². The standard InChI is InChI=1S/C13H19FN2O5S2/c1-21-11-4-5-13(12(14)10-11)23(19,20)16-7-3-6-15(8-9-16)22(2,17)18/h4-5,10H,3,6-9H2,1-2H3. The second kappa shape index (κ2) is 6.71. The number of benzene rings is 1. The predicted molar refractivity (Wildman–Crippen MR) is 82.7 cm³/mol. The molecule has 0 atom stereocenters. The summed E-state index contributed by atoms with van der Waals surface area (Å²) in [4.78, 5) is -0.439. The van der Waals surface area contributed by atoms with Crippen LogP contribution in [0.5, 0.6) is 5.75 Å². The molecule has 0 amide bonds. The van der Waals surface area contributed by atoms with Crippen LogP contribution in [-0.2, 0) is 20.0 Å². The minimum absolute atomic E-state index is 0.0130. The van der Waals surface area contributed by atoms with Crippen molar-refractivity contribution >= 4 is 20.0 Å². The lowest BCUT2D eigenvalue weighted by Gasteiger charge is -2.21. The Bertz CT molecular complexity index is 780. The van der Waals surface area contributed by atoms with E-state index in [-0.39, 0.29) is 31.9 Å². The maximum Gasteiger partial charge on any atom is 0.246 e. The van der Waals surface area contributed by atoms with Crippen LogP contribution < -0.4 is 4.74 Å². The van der Waals surface area contributed by atoms with E-state index >= 15 is 0 Å². The van der Waals surface area contributed by atoms with Gasteiger partial charge < -0.3 is 4.74 Å². The fourth-order valence-electron chi connectivity index (χ4n) is 2.40. The maximum absolute atomic E-state index is 14.1. The summed E-state index contributed by atoms with van der Waals surface area (Å²) in [5, 5.41) is 0. The lowest BCUT2D eigenvalue weighted by atomic mass is 10.3. The largest absolute Gasteiger partial charge is 0.497 e. The van der Waals surface area contributed by atoms with Gasteiger partial charge in [-0.15, -0.1) is 0 Å². The quantitative estimate of drug-likeness (QED) is 0.774. The first kappa shape index (κ1) is 18.1. The normalized spacial score (nSPS) is 18.6. The molecule has 1 aliphatic heterocycles. The summed E-state index contributed by atoms with van der Waals surface area (Å²) in [7, 11) is -6.05. The molecule has 10 heteroatoms. The Morgan fingerprint density at radius 2 is 1.65 bits per heavy atom. The highest BCUT2D eigenvalue weighted by Gasteiger charge is 2.31. The van der Waals surface area contributed by atoms with Crippen LogP contribution in [0.4, 0.5) is 4.39 Å².